The van der Waals surface area contributed by atoms with Gasteiger partial charge in [-0.1, -0.05) is 26.0 Å². The lowest BCUT2D eigenvalue weighted by molar-refractivity contribution is 0.148. The molecule has 1 aromatic carbocycles. The van der Waals surface area contributed by atoms with Crippen LogP contribution in [-0.4, -0.2) is 34.1 Å². The Morgan fingerprint density at radius 1 is 1.30 bits per heavy atom. The van der Waals surface area contributed by atoms with Crippen LogP contribution in [0.15, 0.2) is 42.7 Å². The van der Waals surface area contributed by atoms with Gasteiger partial charge in [-0.2, -0.15) is 5.10 Å². The van der Waals surface area contributed by atoms with Crippen LogP contribution >= 0.6 is 0 Å². The normalized spacial score (nSPS) is 11.3. The van der Waals surface area contributed by atoms with E-state index in [4.69, 9.17) is 0 Å². The average molecular weight is 316 g/mol. The minimum absolute atomic E-state index is 0.106. The number of carbonyl (C=O) groups is 1. The Balaban J connectivity index is 1.87. The molecule has 23 heavy (non-hydrogen) atoms. The molecule has 0 spiro atoms. The van der Waals surface area contributed by atoms with Gasteiger partial charge in [0.15, 0.2) is 0 Å². The number of anilines is 1. The number of aliphatic hydroxyl groups is 1. The molecule has 0 aliphatic carbocycles. The molecule has 0 bridgehead atoms. The molecular weight excluding hydrogens is 292 g/mol. The van der Waals surface area contributed by atoms with E-state index in [0.717, 1.165) is 18.5 Å². The summed E-state index contributed by atoms with van der Waals surface area (Å²) in [5.41, 5.74) is 1.41. The van der Waals surface area contributed by atoms with Gasteiger partial charge in [0, 0.05) is 25.5 Å². The first-order valence-corrected chi connectivity index (χ1v) is 7.77. The van der Waals surface area contributed by atoms with Crippen molar-refractivity contribution < 1.29 is 9.90 Å². The van der Waals surface area contributed by atoms with E-state index in [1.54, 1.807) is 10.9 Å². The van der Waals surface area contributed by atoms with Crippen LogP contribution in [0.2, 0.25) is 0 Å². The standard InChI is InChI=1S/C17H24N4O2/c1-17(2,13-22)9-5-10-18-16(23)20-14-7-3-4-8-15(14)21-12-6-11-19-21/h3-4,6-8,11-12,22H,5,9-10,13H2,1-2H3,(H2,18,20,23). The number of amides is 2. The van der Waals surface area contributed by atoms with Gasteiger partial charge in [0.1, 0.15) is 0 Å². The second-order valence-electron chi connectivity index (χ2n) is 6.27. The van der Waals surface area contributed by atoms with E-state index in [1.165, 1.54) is 0 Å². The summed E-state index contributed by atoms with van der Waals surface area (Å²) >= 11 is 0. The van der Waals surface area contributed by atoms with Gasteiger partial charge >= 0.3 is 6.03 Å². The summed E-state index contributed by atoms with van der Waals surface area (Å²) < 4.78 is 1.71. The predicted molar refractivity (Wildman–Crippen MR) is 90.7 cm³/mol. The van der Waals surface area contributed by atoms with Crippen molar-refractivity contribution >= 4 is 11.7 Å². The van der Waals surface area contributed by atoms with Crippen molar-refractivity contribution in [2.45, 2.75) is 26.7 Å². The molecule has 0 saturated carbocycles. The van der Waals surface area contributed by atoms with E-state index in [2.05, 4.69) is 15.7 Å². The zero-order chi connectivity index (χ0) is 16.7. The molecule has 0 saturated heterocycles. The highest BCUT2D eigenvalue weighted by Gasteiger charge is 2.15. The molecule has 0 fully saturated rings. The molecule has 1 aromatic heterocycles. The Morgan fingerprint density at radius 2 is 2.09 bits per heavy atom. The highest BCUT2D eigenvalue weighted by atomic mass is 16.3. The second kappa shape index (κ2) is 7.78. The van der Waals surface area contributed by atoms with E-state index < -0.39 is 0 Å². The van der Waals surface area contributed by atoms with Gasteiger partial charge < -0.3 is 15.7 Å². The first-order valence-electron chi connectivity index (χ1n) is 7.77. The number of urea groups is 1. The summed E-state index contributed by atoms with van der Waals surface area (Å²) in [4.78, 5) is 12.0. The number of hydrogen-bond acceptors (Lipinski definition) is 3. The summed E-state index contributed by atoms with van der Waals surface area (Å²) in [5, 5.41) is 19.1. The minimum atomic E-state index is -0.244. The Hall–Kier alpha value is -2.34. The molecule has 0 radical (unpaired) electrons. The summed E-state index contributed by atoms with van der Waals surface area (Å²) in [5.74, 6) is 0. The number of rotatable bonds is 7. The van der Waals surface area contributed by atoms with E-state index in [1.807, 2.05) is 50.4 Å². The topological polar surface area (TPSA) is 79.2 Å². The van der Waals surface area contributed by atoms with Crippen molar-refractivity contribution in [3.8, 4) is 5.69 Å². The lowest BCUT2D eigenvalue weighted by atomic mass is 9.89. The van der Waals surface area contributed by atoms with Crippen LogP contribution in [0, 0.1) is 5.41 Å². The number of carbonyl (C=O) groups excluding carboxylic acids is 1. The fourth-order valence-corrected chi connectivity index (χ4v) is 2.20. The van der Waals surface area contributed by atoms with Crippen LogP contribution < -0.4 is 10.6 Å². The summed E-state index contributed by atoms with van der Waals surface area (Å²) in [6, 6.07) is 9.09. The smallest absolute Gasteiger partial charge is 0.319 e. The van der Waals surface area contributed by atoms with Crippen LogP contribution in [-0.2, 0) is 0 Å². The molecule has 0 aliphatic rings. The molecule has 0 unspecified atom stereocenters. The molecule has 2 amide bonds. The third-order valence-corrected chi connectivity index (χ3v) is 3.65. The molecule has 1 heterocycles. The summed E-state index contributed by atoms with van der Waals surface area (Å²) in [7, 11) is 0. The summed E-state index contributed by atoms with van der Waals surface area (Å²) in [6.45, 7) is 4.73. The number of para-hydroxylation sites is 2. The SMILES string of the molecule is CC(C)(CO)CCCNC(=O)Nc1ccccc1-n1cccn1. The van der Waals surface area contributed by atoms with Crippen molar-refractivity contribution in [1.82, 2.24) is 15.1 Å². The zero-order valence-electron chi connectivity index (χ0n) is 13.6. The molecular formula is C17H24N4O2. The number of hydrogen-bond donors (Lipinski definition) is 3. The van der Waals surface area contributed by atoms with E-state index >= 15 is 0 Å². The van der Waals surface area contributed by atoms with Gasteiger partial charge in [-0.05, 0) is 36.5 Å². The van der Waals surface area contributed by atoms with Crippen molar-refractivity contribution in [2.75, 3.05) is 18.5 Å². The quantitative estimate of drug-likeness (QED) is 0.687. The Bertz CT molecular complexity index is 623. The van der Waals surface area contributed by atoms with Crippen molar-refractivity contribution in [2.24, 2.45) is 5.41 Å². The number of nitrogens with zero attached hydrogens (tertiary/aromatic N) is 2. The molecule has 6 nitrogen and oxygen atoms in total. The van der Waals surface area contributed by atoms with Crippen LogP contribution in [0.3, 0.4) is 0 Å². The lowest BCUT2D eigenvalue weighted by Crippen LogP contribution is -2.31. The van der Waals surface area contributed by atoms with Gasteiger partial charge in [0.2, 0.25) is 0 Å². The summed E-state index contributed by atoms with van der Waals surface area (Å²) in [6.07, 6.45) is 5.20. The number of nitrogens with one attached hydrogen (secondary N) is 2. The maximum Gasteiger partial charge on any atom is 0.319 e. The predicted octanol–water partition coefficient (Wildman–Crippen LogP) is 2.79. The molecule has 2 aromatic rings. The van der Waals surface area contributed by atoms with Crippen LogP contribution in [0.1, 0.15) is 26.7 Å². The largest absolute Gasteiger partial charge is 0.396 e. The third-order valence-electron chi connectivity index (χ3n) is 3.65. The Kier molecular flexibility index (Phi) is 5.76. The van der Waals surface area contributed by atoms with Gasteiger partial charge in [0.05, 0.1) is 11.4 Å². The molecule has 2 rings (SSSR count). The van der Waals surface area contributed by atoms with E-state index in [-0.39, 0.29) is 18.1 Å². The number of aromatic nitrogens is 2. The Labute approximate surface area is 136 Å². The maximum absolute atomic E-state index is 12.0. The van der Waals surface area contributed by atoms with Crippen molar-refractivity contribution in [1.29, 1.82) is 0 Å². The zero-order valence-corrected chi connectivity index (χ0v) is 13.6. The van der Waals surface area contributed by atoms with Crippen LogP contribution in [0.4, 0.5) is 10.5 Å². The van der Waals surface area contributed by atoms with Gasteiger partial charge in [0.25, 0.3) is 0 Å². The van der Waals surface area contributed by atoms with Crippen LogP contribution in [0.5, 0.6) is 0 Å². The minimum Gasteiger partial charge on any atom is -0.396 e. The molecule has 3 N–H and O–H groups in total. The monoisotopic (exact) mass is 316 g/mol. The Morgan fingerprint density at radius 3 is 2.78 bits per heavy atom. The van der Waals surface area contributed by atoms with E-state index in [9.17, 15) is 9.90 Å². The van der Waals surface area contributed by atoms with Crippen LogP contribution in [0.25, 0.3) is 5.69 Å². The first-order chi connectivity index (χ1) is 11.0. The fraction of sp³-hybridized carbons (Fsp3) is 0.412. The maximum atomic E-state index is 12.0. The van der Waals surface area contributed by atoms with E-state index in [0.29, 0.717) is 12.2 Å². The van der Waals surface area contributed by atoms with Gasteiger partial charge in [-0.25, -0.2) is 9.48 Å². The average Bonchev–Trinajstić information content (AvgIpc) is 3.06. The highest BCUT2D eigenvalue weighted by Crippen LogP contribution is 2.21. The number of aliphatic hydroxyl groups excluding tert-OH is 1. The number of benzene rings is 1. The highest BCUT2D eigenvalue weighted by molar-refractivity contribution is 5.91. The fourth-order valence-electron chi connectivity index (χ4n) is 2.20. The van der Waals surface area contributed by atoms with Crippen molar-refractivity contribution in [3.05, 3.63) is 42.7 Å². The molecule has 0 atom stereocenters. The van der Waals surface area contributed by atoms with Gasteiger partial charge in [-0.15, -0.1) is 0 Å². The molecule has 6 heteroatoms. The molecule has 124 valence electrons. The molecule has 0 aliphatic heterocycles. The lowest BCUT2D eigenvalue weighted by Gasteiger charge is -2.21. The first kappa shape index (κ1) is 17.0. The second-order valence-corrected chi connectivity index (χ2v) is 6.27. The van der Waals surface area contributed by atoms with Crippen molar-refractivity contribution in [3.63, 3.8) is 0 Å². The third kappa shape index (κ3) is 5.10. The van der Waals surface area contributed by atoms with Gasteiger partial charge in [-0.3, -0.25) is 0 Å².